The number of carbonyl (C=O) groups is 1. The monoisotopic (exact) mass is 200 g/mol. The lowest BCUT2D eigenvalue weighted by Gasteiger charge is -2.03. The van der Waals surface area contributed by atoms with Gasteiger partial charge in [0, 0.05) is 18.4 Å². The zero-order chi connectivity index (χ0) is 10.8. The summed E-state index contributed by atoms with van der Waals surface area (Å²) in [5, 5.41) is 0. The van der Waals surface area contributed by atoms with Crippen molar-refractivity contribution < 1.29 is 4.79 Å². The molecule has 1 aromatic rings. The predicted octanol–water partition coefficient (Wildman–Crippen LogP) is 3.39. The summed E-state index contributed by atoms with van der Waals surface area (Å²) in [4.78, 5) is 11.8. The quantitative estimate of drug-likeness (QED) is 0.731. The topological polar surface area (TPSA) is 17.1 Å². The van der Waals surface area contributed by atoms with Crippen LogP contribution < -0.4 is 0 Å². The first-order valence-electron chi connectivity index (χ1n) is 5.61. The first-order valence-corrected chi connectivity index (χ1v) is 5.61. The summed E-state index contributed by atoms with van der Waals surface area (Å²) >= 11 is 0. The highest BCUT2D eigenvalue weighted by Gasteiger charge is 2.23. The Morgan fingerprint density at radius 2 is 2.00 bits per heavy atom. The first-order chi connectivity index (χ1) is 7.27. The van der Waals surface area contributed by atoms with Gasteiger partial charge in [-0.15, -0.1) is 0 Å². The molecule has 0 amide bonds. The fourth-order valence-electron chi connectivity index (χ4n) is 2.31. The van der Waals surface area contributed by atoms with E-state index < -0.39 is 0 Å². The highest BCUT2D eigenvalue weighted by molar-refractivity contribution is 6.05. The van der Waals surface area contributed by atoms with E-state index in [2.05, 4.69) is 19.1 Å². The van der Waals surface area contributed by atoms with Crippen LogP contribution in [0.2, 0.25) is 0 Å². The molecule has 0 spiro atoms. The largest absolute Gasteiger partial charge is 0.295 e. The molecule has 0 aromatic heterocycles. The highest BCUT2D eigenvalue weighted by Crippen LogP contribution is 2.35. The number of Topliss-reactive ketones (excluding diaryl/α,β-unsaturated/α-hetero) is 1. The molecule has 1 aliphatic rings. The third kappa shape index (κ3) is 1.63. The second kappa shape index (κ2) is 4.01. The molecule has 15 heavy (non-hydrogen) atoms. The summed E-state index contributed by atoms with van der Waals surface area (Å²) in [6, 6.07) is 8.35. The maximum atomic E-state index is 11.8. The smallest absolute Gasteiger partial charge is 0.159 e. The molecule has 1 aromatic carbocycles. The zero-order valence-corrected chi connectivity index (χ0v) is 9.34. The van der Waals surface area contributed by atoms with Crippen molar-refractivity contribution in [2.75, 3.05) is 0 Å². The van der Waals surface area contributed by atoms with Crippen LogP contribution in [0.3, 0.4) is 0 Å². The molecule has 0 radical (unpaired) electrons. The SMILES string of the molecule is CCC(=O)C1=C(CC)c2ccccc2C1. The summed E-state index contributed by atoms with van der Waals surface area (Å²) in [7, 11) is 0. The van der Waals surface area contributed by atoms with Crippen LogP contribution in [0.4, 0.5) is 0 Å². The van der Waals surface area contributed by atoms with Crippen molar-refractivity contribution in [3.8, 4) is 0 Å². The maximum absolute atomic E-state index is 11.8. The summed E-state index contributed by atoms with van der Waals surface area (Å²) in [6.45, 7) is 4.06. The van der Waals surface area contributed by atoms with E-state index in [4.69, 9.17) is 0 Å². The van der Waals surface area contributed by atoms with Crippen molar-refractivity contribution in [1.82, 2.24) is 0 Å². The second-order valence-electron chi connectivity index (χ2n) is 3.92. The van der Waals surface area contributed by atoms with Crippen LogP contribution >= 0.6 is 0 Å². The Kier molecular flexibility index (Phi) is 2.72. The number of carbonyl (C=O) groups excluding carboxylic acids is 1. The van der Waals surface area contributed by atoms with Crippen molar-refractivity contribution in [3.05, 3.63) is 41.0 Å². The fraction of sp³-hybridized carbons (Fsp3) is 0.357. The third-order valence-corrected chi connectivity index (χ3v) is 3.09. The van der Waals surface area contributed by atoms with Gasteiger partial charge in [0.25, 0.3) is 0 Å². The molecular weight excluding hydrogens is 184 g/mol. The number of benzene rings is 1. The van der Waals surface area contributed by atoms with Crippen LogP contribution in [0.15, 0.2) is 29.8 Å². The van der Waals surface area contributed by atoms with Gasteiger partial charge in [-0.1, -0.05) is 38.1 Å². The Morgan fingerprint density at radius 1 is 1.27 bits per heavy atom. The molecule has 0 fully saturated rings. The zero-order valence-electron chi connectivity index (χ0n) is 9.34. The Balaban J connectivity index is 2.47. The lowest BCUT2D eigenvalue weighted by molar-refractivity contribution is -0.115. The number of rotatable bonds is 3. The number of ketones is 1. The van der Waals surface area contributed by atoms with Crippen molar-refractivity contribution in [1.29, 1.82) is 0 Å². The van der Waals surface area contributed by atoms with Crippen molar-refractivity contribution >= 4 is 11.4 Å². The van der Waals surface area contributed by atoms with E-state index in [1.807, 2.05) is 19.1 Å². The van der Waals surface area contributed by atoms with Crippen molar-refractivity contribution in [3.63, 3.8) is 0 Å². The van der Waals surface area contributed by atoms with Gasteiger partial charge in [0.2, 0.25) is 0 Å². The van der Waals surface area contributed by atoms with E-state index in [0.29, 0.717) is 12.2 Å². The average molecular weight is 200 g/mol. The third-order valence-electron chi connectivity index (χ3n) is 3.09. The lowest BCUT2D eigenvalue weighted by Crippen LogP contribution is -2.01. The number of hydrogen-bond acceptors (Lipinski definition) is 1. The summed E-state index contributed by atoms with van der Waals surface area (Å²) in [6.07, 6.45) is 2.41. The van der Waals surface area contributed by atoms with E-state index in [0.717, 1.165) is 18.4 Å². The normalized spacial score (nSPS) is 14.3. The van der Waals surface area contributed by atoms with E-state index in [9.17, 15) is 4.79 Å². The van der Waals surface area contributed by atoms with E-state index in [1.54, 1.807) is 0 Å². The molecule has 0 saturated heterocycles. The average Bonchev–Trinajstić information content (AvgIpc) is 2.66. The molecule has 0 aliphatic heterocycles. The summed E-state index contributed by atoms with van der Waals surface area (Å²) in [5.74, 6) is 0.308. The van der Waals surface area contributed by atoms with Gasteiger partial charge in [0.1, 0.15) is 0 Å². The van der Waals surface area contributed by atoms with Crippen LogP contribution in [0.25, 0.3) is 5.57 Å². The minimum atomic E-state index is 0.308. The van der Waals surface area contributed by atoms with Gasteiger partial charge in [-0.05, 0) is 23.1 Å². The number of hydrogen-bond donors (Lipinski definition) is 0. The van der Waals surface area contributed by atoms with Gasteiger partial charge in [0.05, 0.1) is 0 Å². The number of fused-ring (bicyclic) bond motifs is 1. The second-order valence-corrected chi connectivity index (χ2v) is 3.92. The van der Waals surface area contributed by atoms with Crippen molar-refractivity contribution in [2.45, 2.75) is 33.1 Å². The van der Waals surface area contributed by atoms with E-state index in [-0.39, 0.29) is 0 Å². The first kappa shape index (κ1) is 10.2. The number of allylic oxidation sites excluding steroid dienone is 2. The summed E-state index contributed by atoms with van der Waals surface area (Å²) < 4.78 is 0. The minimum absolute atomic E-state index is 0.308. The highest BCUT2D eigenvalue weighted by atomic mass is 16.1. The molecule has 78 valence electrons. The Morgan fingerprint density at radius 3 is 2.67 bits per heavy atom. The molecule has 1 nitrogen and oxygen atoms in total. The van der Waals surface area contributed by atoms with E-state index >= 15 is 0 Å². The predicted molar refractivity (Wildman–Crippen MR) is 62.7 cm³/mol. The van der Waals surface area contributed by atoms with Crippen molar-refractivity contribution in [2.24, 2.45) is 0 Å². The standard InChI is InChI=1S/C14H16O/c1-3-11-12-8-6-5-7-10(12)9-13(11)14(15)4-2/h5-8H,3-4,9H2,1-2H3. The molecular formula is C14H16O. The van der Waals surface area contributed by atoms with Crippen LogP contribution in [-0.4, -0.2) is 5.78 Å². The van der Waals surface area contributed by atoms with E-state index in [1.165, 1.54) is 16.7 Å². The molecule has 0 saturated carbocycles. The molecule has 0 bridgehead atoms. The van der Waals surface area contributed by atoms with Gasteiger partial charge < -0.3 is 0 Å². The van der Waals surface area contributed by atoms with Gasteiger partial charge in [-0.3, -0.25) is 4.79 Å². The molecule has 1 aliphatic carbocycles. The van der Waals surface area contributed by atoms with Crippen LogP contribution in [0.1, 0.15) is 37.8 Å². The minimum Gasteiger partial charge on any atom is -0.295 e. The van der Waals surface area contributed by atoms with Gasteiger partial charge in [-0.25, -0.2) is 0 Å². The molecule has 0 N–H and O–H groups in total. The van der Waals surface area contributed by atoms with Gasteiger partial charge in [0.15, 0.2) is 5.78 Å². The molecule has 2 rings (SSSR count). The molecule has 0 heterocycles. The van der Waals surface area contributed by atoms with Crippen LogP contribution in [0, 0.1) is 0 Å². The summed E-state index contributed by atoms with van der Waals surface area (Å²) in [5.41, 5.74) is 4.90. The van der Waals surface area contributed by atoms with Gasteiger partial charge in [-0.2, -0.15) is 0 Å². The Labute approximate surface area is 90.8 Å². The lowest BCUT2D eigenvalue weighted by atomic mass is 10.0. The molecule has 1 heteroatoms. The molecule has 0 unspecified atom stereocenters. The Bertz CT molecular complexity index is 427. The fourth-order valence-corrected chi connectivity index (χ4v) is 2.31. The maximum Gasteiger partial charge on any atom is 0.159 e. The van der Waals surface area contributed by atoms with Crippen LogP contribution in [0.5, 0.6) is 0 Å². The van der Waals surface area contributed by atoms with Gasteiger partial charge >= 0.3 is 0 Å². The Hall–Kier alpha value is -1.37. The molecule has 0 atom stereocenters. The van der Waals surface area contributed by atoms with Crippen LogP contribution in [-0.2, 0) is 11.2 Å².